The molecule has 4 N–H and O–H groups in total. The number of nitrogens with zero attached hydrogens (tertiary/aromatic N) is 1. The Morgan fingerprint density at radius 3 is 1.96 bits per heavy atom. The van der Waals surface area contributed by atoms with Gasteiger partial charge in [0.2, 0.25) is 0 Å². The molecule has 0 aromatic carbocycles. The Bertz CT molecular complexity index is 435. The van der Waals surface area contributed by atoms with Crippen LogP contribution in [0, 0.1) is 16.7 Å². The van der Waals surface area contributed by atoms with Gasteiger partial charge in [-0.3, -0.25) is 0 Å². The number of aliphatic hydroxyl groups excluding tert-OH is 2. The number of rotatable bonds is 3. The molecule has 2 aliphatic carbocycles. The van der Waals surface area contributed by atoms with Crippen molar-refractivity contribution < 1.29 is 19.7 Å². The monoisotopic (exact) mass is 340 g/mol. The first-order valence-electron chi connectivity index (χ1n) is 8.91. The zero-order chi connectivity index (χ0) is 18.2. The number of carbonyl (C=O) groups is 1. The number of carbonyl (C=O) groups excluding carboxylic acids is 1. The third kappa shape index (κ3) is 5.44. The second-order valence-electron chi connectivity index (χ2n) is 7.47. The smallest absolute Gasteiger partial charge is 0.336 e. The van der Waals surface area contributed by atoms with Gasteiger partial charge in [-0.05, 0) is 25.7 Å². The van der Waals surface area contributed by atoms with E-state index in [0.29, 0.717) is 12.8 Å². The molecule has 2 fully saturated rings. The molecular weight excluding hydrogens is 308 g/mol. The van der Waals surface area contributed by atoms with Gasteiger partial charge in [-0.15, -0.1) is 0 Å². The maximum absolute atomic E-state index is 11.1. The molecule has 2 saturated carbocycles. The zero-order valence-corrected chi connectivity index (χ0v) is 15.0. The van der Waals surface area contributed by atoms with Gasteiger partial charge in [-0.1, -0.05) is 45.4 Å². The highest BCUT2D eigenvalue weighted by atomic mass is 16.5. The molecule has 0 saturated heterocycles. The molecule has 138 valence electrons. The van der Waals surface area contributed by atoms with E-state index >= 15 is 0 Å². The molecule has 6 heteroatoms. The van der Waals surface area contributed by atoms with Crippen molar-refractivity contribution >= 4 is 5.97 Å². The molecule has 0 amide bonds. The van der Waals surface area contributed by atoms with E-state index in [9.17, 15) is 15.0 Å². The first-order valence-corrected chi connectivity index (χ1v) is 8.91. The highest BCUT2D eigenvalue weighted by Gasteiger charge is 2.40. The maximum atomic E-state index is 11.1. The largest absolute Gasteiger partial charge is 0.467 e. The summed E-state index contributed by atoms with van der Waals surface area (Å²) in [4.78, 5) is 11.1. The Kier molecular flexibility index (Phi) is 8.14. The van der Waals surface area contributed by atoms with E-state index in [-0.39, 0.29) is 5.41 Å². The van der Waals surface area contributed by atoms with E-state index in [0.717, 1.165) is 44.9 Å². The van der Waals surface area contributed by atoms with Crippen molar-refractivity contribution in [3.8, 4) is 6.07 Å². The number of esters is 1. The van der Waals surface area contributed by atoms with E-state index < -0.39 is 23.7 Å². The van der Waals surface area contributed by atoms with Gasteiger partial charge in [0.1, 0.15) is 6.10 Å². The fraction of sp³-hybridized carbons (Fsp3) is 0.889. The Morgan fingerprint density at radius 1 is 1.08 bits per heavy atom. The molecule has 0 aliphatic heterocycles. The van der Waals surface area contributed by atoms with Crippen LogP contribution in [0.1, 0.15) is 71.1 Å². The molecule has 2 aliphatic rings. The van der Waals surface area contributed by atoms with Crippen molar-refractivity contribution in [1.29, 1.82) is 5.26 Å². The Hall–Kier alpha value is -1.16. The fourth-order valence-electron chi connectivity index (χ4n) is 3.62. The van der Waals surface area contributed by atoms with Gasteiger partial charge in [-0.25, -0.2) is 4.79 Å². The number of methoxy groups -OCH3 is 1. The molecule has 0 radical (unpaired) electrons. The molecule has 0 aromatic heterocycles. The number of hydrogen-bond acceptors (Lipinski definition) is 6. The highest BCUT2D eigenvalue weighted by molar-refractivity contribution is 5.76. The fourth-order valence-corrected chi connectivity index (χ4v) is 3.62. The lowest BCUT2D eigenvalue weighted by molar-refractivity contribution is -0.155. The quantitative estimate of drug-likeness (QED) is 0.534. The molecular formula is C18H32N2O4. The van der Waals surface area contributed by atoms with Crippen LogP contribution in [-0.2, 0) is 9.53 Å². The van der Waals surface area contributed by atoms with E-state index in [1.165, 1.54) is 13.5 Å². The highest BCUT2D eigenvalue weighted by Crippen LogP contribution is 2.38. The van der Waals surface area contributed by atoms with E-state index in [1.54, 1.807) is 0 Å². The molecule has 0 bridgehead atoms. The van der Waals surface area contributed by atoms with Gasteiger partial charge in [0.25, 0.3) is 0 Å². The number of hydrogen-bond donors (Lipinski definition) is 3. The minimum atomic E-state index is -1.17. The number of ether oxygens (including phenoxy) is 1. The van der Waals surface area contributed by atoms with Crippen LogP contribution in [0.5, 0.6) is 0 Å². The summed E-state index contributed by atoms with van der Waals surface area (Å²) in [6.45, 7) is 2.01. The average molecular weight is 340 g/mol. The van der Waals surface area contributed by atoms with Crippen molar-refractivity contribution in [1.82, 2.24) is 0 Å². The number of aliphatic hydroxyl groups is 2. The summed E-state index contributed by atoms with van der Waals surface area (Å²) < 4.78 is 4.46. The van der Waals surface area contributed by atoms with Crippen LogP contribution in [-0.4, -0.2) is 41.0 Å². The van der Waals surface area contributed by atoms with Crippen LogP contribution < -0.4 is 5.73 Å². The first-order chi connectivity index (χ1) is 11.3. The van der Waals surface area contributed by atoms with Gasteiger partial charge in [0, 0.05) is 5.41 Å². The minimum Gasteiger partial charge on any atom is -0.467 e. The standard InChI is InChI=1S/C9H17NO3.C9H15NO/c1-13-8(12)7(11)9(10)5-3-2-4-6-9;1-9(8(11)7-10)5-3-2-4-6-9/h7,11H,2-6,10H2,1H3;8,11H,2-6H2,1H3. The van der Waals surface area contributed by atoms with Crippen LogP contribution in [0.15, 0.2) is 0 Å². The second kappa shape index (κ2) is 9.36. The van der Waals surface area contributed by atoms with Crippen molar-refractivity contribution in [2.24, 2.45) is 11.1 Å². The summed E-state index contributed by atoms with van der Waals surface area (Å²) in [6.07, 6.45) is 8.14. The van der Waals surface area contributed by atoms with Crippen molar-refractivity contribution in [3.63, 3.8) is 0 Å². The number of nitrogens with two attached hydrogens (primary N) is 1. The average Bonchev–Trinajstić information content (AvgIpc) is 2.61. The Morgan fingerprint density at radius 2 is 1.54 bits per heavy atom. The van der Waals surface area contributed by atoms with Gasteiger partial charge < -0.3 is 20.7 Å². The van der Waals surface area contributed by atoms with Crippen molar-refractivity contribution in [2.45, 2.75) is 88.9 Å². The second-order valence-corrected chi connectivity index (χ2v) is 7.47. The van der Waals surface area contributed by atoms with Gasteiger partial charge in [0.05, 0.1) is 18.7 Å². The van der Waals surface area contributed by atoms with E-state index in [4.69, 9.17) is 11.0 Å². The predicted molar refractivity (Wildman–Crippen MR) is 90.8 cm³/mol. The molecule has 0 heterocycles. The summed E-state index contributed by atoms with van der Waals surface area (Å²) in [5.41, 5.74) is 5.05. The lowest BCUT2D eigenvalue weighted by Crippen LogP contribution is -2.55. The number of nitriles is 1. The van der Waals surface area contributed by atoms with Gasteiger partial charge in [0.15, 0.2) is 6.10 Å². The minimum absolute atomic E-state index is 0.118. The normalized spacial score (nSPS) is 24.5. The molecule has 0 spiro atoms. The molecule has 2 atom stereocenters. The summed E-state index contributed by atoms with van der Waals surface area (Å²) in [5.74, 6) is -0.621. The molecule has 6 nitrogen and oxygen atoms in total. The lowest BCUT2D eigenvalue weighted by Gasteiger charge is -2.35. The molecule has 0 aromatic rings. The first kappa shape index (κ1) is 20.9. The van der Waals surface area contributed by atoms with Crippen LogP contribution in [0.3, 0.4) is 0 Å². The third-order valence-electron chi connectivity index (χ3n) is 5.53. The van der Waals surface area contributed by atoms with Gasteiger partial charge in [-0.2, -0.15) is 5.26 Å². The predicted octanol–water partition coefficient (Wildman–Crippen LogP) is 2.02. The maximum Gasteiger partial charge on any atom is 0.336 e. The zero-order valence-electron chi connectivity index (χ0n) is 15.0. The summed E-state index contributed by atoms with van der Waals surface area (Å²) in [7, 11) is 1.26. The summed E-state index contributed by atoms with van der Waals surface area (Å²) >= 11 is 0. The van der Waals surface area contributed by atoms with Crippen molar-refractivity contribution in [3.05, 3.63) is 0 Å². The van der Waals surface area contributed by atoms with E-state index in [2.05, 4.69) is 4.74 Å². The van der Waals surface area contributed by atoms with Crippen molar-refractivity contribution in [2.75, 3.05) is 7.11 Å². The SMILES string of the molecule is CC1(C(O)C#N)CCCCC1.COC(=O)C(O)C1(N)CCCCC1. The Labute approximate surface area is 145 Å². The molecule has 24 heavy (non-hydrogen) atoms. The topological polar surface area (TPSA) is 117 Å². The Balaban J connectivity index is 0.000000243. The molecule has 2 rings (SSSR count). The van der Waals surface area contributed by atoms with Crippen LogP contribution in [0.4, 0.5) is 0 Å². The van der Waals surface area contributed by atoms with Gasteiger partial charge >= 0.3 is 5.97 Å². The van der Waals surface area contributed by atoms with Crippen LogP contribution in [0.2, 0.25) is 0 Å². The van der Waals surface area contributed by atoms with Crippen LogP contribution in [0.25, 0.3) is 0 Å². The lowest BCUT2D eigenvalue weighted by atomic mass is 9.72. The van der Waals surface area contributed by atoms with E-state index in [1.807, 2.05) is 13.0 Å². The summed E-state index contributed by atoms with van der Waals surface area (Å²) in [5, 5.41) is 27.5. The summed E-state index contributed by atoms with van der Waals surface area (Å²) in [6, 6.07) is 1.93. The van der Waals surface area contributed by atoms with Crippen LogP contribution >= 0.6 is 0 Å². The molecule has 2 unspecified atom stereocenters. The third-order valence-corrected chi connectivity index (χ3v) is 5.53.